The third-order valence-electron chi connectivity index (χ3n) is 15.1. The van der Waals surface area contributed by atoms with Crippen molar-refractivity contribution in [3.8, 4) is 62.1 Å². The van der Waals surface area contributed by atoms with E-state index in [1.165, 1.54) is 54.4 Å². The lowest BCUT2D eigenvalue weighted by Gasteiger charge is -2.16. The Labute approximate surface area is 433 Å². The summed E-state index contributed by atoms with van der Waals surface area (Å²) in [5.74, 6) is 2.02. The Hall–Kier alpha value is -9.91. The van der Waals surface area contributed by atoms with E-state index in [1.807, 2.05) is 18.2 Å². The summed E-state index contributed by atoms with van der Waals surface area (Å²) in [6.07, 6.45) is 8.28. The van der Waals surface area contributed by atoms with Crippen LogP contribution < -0.4 is 0 Å². The standard InChI is InChI=1S/C69H46N6/c1-5-20-45(21-6-1)67-70-68(46-22-7-2-8-23-46)72-69(71-67)49-24-19-29-53(40-49)75-63-35-18-15-32-56(63)60-44-50(47-36-38-64-58(41-47)54-30-13-16-33-61(54)73(64)51-25-9-3-10-26-51)43-57(66(60)75)48-37-39-65-59(42-48)55-31-14-17-34-62(55)74(65)52-27-11-4-12-28-52/h1-7,9-22,24-44H,8,23H2. The summed E-state index contributed by atoms with van der Waals surface area (Å²) in [7, 11) is 0. The fraction of sp³-hybridized carbons (Fsp3) is 0.0290. The fourth-order valence-corrected chi connectivity index (χ4v) is 11.7. The molecular weight excluding hydrogens is 913 g/mol. The minimum absolute atomic E-state index is 0.642. The SMILES string of the molecule is C1=CCCC(c2nc(-c3ccccc3)nc(-c3cccc(-n4c5ccccc5c5cc(-c6ccc7c(c6)c6ccccc6n7-c6ccccc6)cc(-c6ccc7c(c6)c6ccccc6n7-c6ccccc6)c54)c3)n2)=C1. The minimum Gasteiger partial charge on any atom is -0.309 e. The monoisotopic (exact) mass is 958 g/mol. The van der Waals surface area contributed by atoms with Gasteiger partial charge in [-0.05, 0) is 126 Å². The van der Waals surface area contributed by atoms with Crippen LogP contribution in [0.5, 0.6) is 0 Å². The Morgan fingerprint density at radius 1 is 0.307 bits per heavy atom. The van der Waals surface area contributed by atoms with Crippen molar-refractivity contribution in [2.24, 2.45) is 0 Å². The topological polar surface area (TPSA) is 53.5 Å². The van der Waals surface area contributed by atoms with Crippen LogP contribution in [-0.2, 0) is 0 Å². The van der Waals surface area contributed by atoms with Gasteiger partial charge in [-0.25, -0.2) is 15.0 Å². The number of para-hydroxylation sites is 5. The van der Waals surface area contributed by atoms with Crippen molar-refractivity contribution in [1.82, 2.24) is 28.7 Å². The molecule has 0 aliphatic heterocycles. The fourth-order valence-electron chi connectivity index (χ4n) is 11.7. The molecule has 0 radical (unpaired) electrons. The molecule has 0 saturated heterocycles. The summed E-state index contributed by atoms with van der Waals surface area (Å²) >= 11 is 0. The number of allylic oxidation sites excluding steroid dienone is 4. The van der Waals surface area contributed by atoms with E-state index < -0.39 is 0 Å². The minimum atomic E-state index is 0.642. The van der Waals surface area contributed by atoms with E-state index in [9.17, 15) is 0 Å². The predicted molar refractivity (Wildman–Crippen MR) is 311 cm³/mol. The molecule has 6 heteroatoms. The molecule has 1 aliphatic rings. The molecule has 0 unspecified atom stereocenters. The van der Waals surface area contributed by atoms with Crippen molar-refractivity contribution in [1.29, 1.82) is 0 Å². The third-order valence-corrected chi connectivity index (χ3v) is 15.1. The zero-order chi connectivity index (χ0) is 49.4. The molecule has 352 valence electrons. The Kier molecular flexibility index (Phi) is 9.91. The van der Waals surface area contributed by atoms with Gasteiger partial charge < -0.3 is 13.7 Å². The van der Waals surface area contributed by atoms with E-state index in [0.717, 1.165) is 79.9 Å². The Balaban J connectivity index is 0.986. The van der Waals surface area contributed by atoms with Crippen LogP contribution in [0.3, 0.4) is 0 Å². The molecule has 0 spiro atoms. The van der Waals surface area contributed by atoms with E-state index in [1.54, 1.807) is 0 Å². The molecule has 14 aromatic rings. The number of aromatic nitrogens is 6. The van der Waals surface area contributed by atoms with Gasteiger partial charge in [0.2, 0.25) is 0 Å². The quantitative estimate of drug-likeness (QED) is 0.152. The van der Waals surface area contributed by atoms with Crippen molar-refractivity contribution in [3.63, 3.8) is 0 Å². The van der Waals surface area contributed by atoms with E-state index in [2.05, 4.69) is 250 Å². The van der Waals surface area contributed by atoms with Crippen LogP contribution in [0.15, 0.2) is 255 Å². The average molecular weight is 959 g/mol. The smallest absolute Gasteiger partial charge is 0.164 e. The van der Waals surface area contributed by atoms with Crippen LogP contribution in [0.25, 0.3) is 133 Å². The Morgan fingerprint density at radius 3 is 1.41 bits per heavy atom. The maximum Gasteiger partial charge on any atom is 0.164 e. The zero-order valence-electron chi connectivity index (χ0n) is 40.8. The highest BCUT2D eigenvalue weighted by atomic mass is 15.0. The first kappa shape index (κ1) is 42.7. The molecule has 4 heterocycles. The highest BCUT2D eigenvalue weighted by Gasteiger charge is 2.23. The van der Waals surface area contributed by atoms with E-state index >= 15 is 0 Å². The van der Waals surface area contributed by atoms with Gasteiger partial charge in [0.05, 0.1) is 33.1 Å². The van der Waals surface area contributed by atoms with Gasteiger partial charge in [-0.3, -0.25) is 0 Å². The summed E-state index contributed by atoms with van der Waals surface area (Å²) in [5.41, 5.74) is 17.8. The predicted octanol–water partition coefficient (Wildman–Crippen LogP) is 17.6. The van der Waals surface area contributed by atoms with Gasteiger partial charge in [0.25, 0.3) is 0 Å². The number of hydrogen-bond donors (Lipinski definition) is 0. The molecule has 4 aromatic heterocycles. The first-order valence-corrected chi connectivity index (χ1v) is 25.7. The van der Waals surface area contributed by atoms with Gasteiger partial charge in [0.15, 0.2) is 17.5 Å². The summed E-state index contributed by atoms with van der Waals surface area (Å²) in [6.45, 7) is 0. The van der Waals surface area contributed by atoms with Crippen molar-refractivity contribution >= 4 is 71.0 Å². The van der Waals surface area contributed by atoms with Crippen LogP contribution in [0.2, 0.25) is 0 Å². The lowest BCUT2D eigenvalue weighted by molar-refractivity contribution is 0.977. The van der Waals surface area contributed by atoms with Crippen molar-refractivity contribution in [3.05, 3.63) is 261 Å². The van der Waals surface area contributed by atoms with E-state index in [-0.39, 0.29) is 0 Å². The lowest BCUT2D eigenvalue weighted by atomic mass is 9.94. The van der Waals surface area contributed by atoms with Crippen LogP contribution in [-0.4, -0.2) is 28.7 Å². The third kappa shape index (κ3) is 7.06. The molecule has 0 fully saturated rings. The summed E-state index contributed by atoms with van der Waals surface area (Å²) in [5, 5.41) is 7.21. The number of hydrogen-bond acceptors (Lipinski definition) is 3. The second kappa shape index (κ2) is 17.4. The summed E-state index contributed by atoms with van der Waals surface area (Å²) < 4.78 is 7.23. The van der Waals surface area contributed by atoms with Crippen molar-refractivity contribution < 1.29 is 0 Å². The number of fused-ring (bicyclic) bond motifs is 9. The van der Waals surface area contributed by atoms with Gasteiger partial charge in [0.1, 0.15) is 0 Å². The highest BCUT2D eigenvalue weighted by Crippen LogP contribution is 2.45. The van der Waals surface area contributed by atoms with E-state index in [0.29, 0.717) is 17.5 Å². The second-order valence-electron chi connectivity index (χ2n) is 19.5. The molecule has 0 atom stereocenters. The summed E-state index contributed by atoms with van der Waals surface area (Å²) in [4.78, 5) is 15.5. The first-order chi connectivity index (χ1) is 37.2. The Bertz CT molecular complexity index is 4630. The first-order valence-electron chi connectivity index (χ1n) is 25.7. The molecule has 75 heavy (non-hydrogen) atoms. The number of rotatable bonds is 8. The van der Waals surface area contributed by atoms with Crippen LogP contribution in [0, 0.1) is 0 Å². The van der Waals surface area contributed by atoms with Gasteiger partial charge in [0, 0.05) is 66.1 Å². The van der Waals surface area contributed by atoms with Gasteiger partial charge in [-0.15, -0.1) is 0 Å². The molecule has 0 N–H and O–H groups in total. The Morgan fingerprint density at radius 2 is 0.787 bits per heavy atom. The largest absolute Gasteiger partial charge is 0.309 e. The van der Waals surface area contributed by atoms with Gasteiger partial charge >= 0.3 is 0 Å². The average Bonchev–Trinajstić information content (AvgIpc) is 4.15. The van der Waals surface area contributed by atoms with Crippen LogP contribution in [0.4, 0.5) is 0 Å². The molecule has 10 aromatic carbocycles. The van der Waals surface area contributed by atoms with Crippen LogP contribution >= 0.6 is 0 Å². The van der Waals surface area contributed by atoms with Crippen molar-refractivity contribution in [2.45, 2.75) is 12.8 Å². The molecule has 0 bridgehead atoms. The zero-order valence-corrected chi connectivity index (χ0v) is 40.8. The molecule has 6 nitrogen and oxygen atoms in total. The molecular formula is C69H46N6. The number of nitrogens with zero attached hydrogens (tertiary/aromatic N) is 6. The van der Waals surface area contributed by atoms with Gasteiger partial charge in [-0.1, -0.05) is 164 Å². The van der Waals surface area contributed by atoms with E-state index in [4.69, 9.17) is 15.0 Å². The normalized spacial score (nSPS) is 12.7. The van der Waals surface area contributed by atoms with Gasteiger partial charge in [-0.2, -0.15) is 0 Å². The maximum absolute atomic E-state index is 5.21. The second-order valence-corrected chi connectivity index (χ2v) is 19.5. The highest BCUT2D eigenvalue weighted by molar-refractivity contribution is 6.18. The molecule has 15 rings (SSSR count). The lowest BCUT2D eigenvalue weighted by Crippen LogP contribution is -2.04. The van der Waals surface area contributed by atoms with Crippen LogP contribution in [0.1, 0.15) is 18.7 Å². The van der Waals surface area contributed by atoms with Crippen molar-refractivity contribution in [2.75, 3.05) is 0 Å². The maximum atomic E-state index is 5.21. The summed E-state index contributed by atoms with van der Waals surface area (Å²) in [6, 6.07) is 85.6. The molecule has 0 amide bonds. The number of benzene rings is 10. The molecule has 0 saturated carbocycles. The molecule has 1 aliphatic carbocycles.